The van der Waals surface area contributed by atoms with Gasteiger partial charge < -0.3 is 24.8 Å². The number of nitrogens with zero attached hydrogens (tertiary/aromatic N) is 3. The van der Waals surface area contributed by atoms with E-state index < -0.39 is 5.60 Å². The van der Waals surface area contributed by atoms with E-state index in [9.17, 15) is 9.59 Å². The highest BCUT2D eigenvalue weighted by molar-refractivity contribution is 5.78. The molecule has 1 N–H and O–H groups in total. The van der Waals surface area contributed by atoms with Crippen molar-refractivity contribution in [1.82, 2.24) is 20.0 Å². The van der Waals surface area contributed by atoms with Gasteiger partial charge in [0.25, 0.3) is 0 Å². The third-order valence-corrected chi connectivity index (χ3v) is 5.03. The Hall–Kier alpha value is -1.34. The van der Waals surface area contributed by atoms with Gasteiger partial charge in [-0.2, -0.15) is 0 Å². The average Bonchev–Trinajstić information content (AvgIpc) is 2.54. The molecule has 0 spiro atoms. The summed E-state index contributed by atoms with van der Waals surface area (Å²) >= 11 is 0. The van der Waals surface area contributed by atoms with Crippen LogP contribution in [0.4, 0.5) is 4.79 Å². The first-order valence-electron chi connectivity index (χ1n) is 9.35. The molecule has 144 valence electrons. The normalized spacial score (nSPS) is 25.8. The number of carbonyl (C=O) groups is 2. The summed E-state index contributed by atoms with van der Waals surface area (Å²) in [5.74, 6) is 0.121. The largest absolute Gasteiger partial charge is 0.444 e. The summed E-state index contributed by atoms with van der Waals surface area (Å²) in [6, 6.07) is 0.969. The Bertz CT molecular complexity index is 469. The van der Waals surface area contributed by atoms with Gasteiger partial charge in [0.1, 0.15) is 5.60 Å². The molecule has 0 aromatic carbocycles. The first kappa shape index (κ1) is 20.0. The van der Waals surface area contributed by atoms with Crippen LogP contribution in [0.1, 0.15) is 40.5 Å². The molecule has 0 aliphatic carbocycles. The maximum Gasteiger partial charge on any atom is 0.410 e. The maximum absolute atomic E-state index is 12.4. The van der Waals surface area contributed by atoms with Crippen molar-refractivity contribution in [2.75, 3.05) is 46.3 Å². The van der Waals surface area contributed by atoms with Gasteiger partial charge in [-0.1, -0.05) is 0 Å². The van der Waals surface area contributed by atoms with Gasteiger partial charge in [-0.15, -0.1) is 0 Å². The number of hydrogen-bond donors (Lipinski definition) is 1. The van der Waals surface area contributed by atoms with Gasteiger partial charge in [-0.3, -0.25) is 4.79 Å². The Balaban J connectivity index is 1.70. The number of carbonyl (C=O) groups excluding carboxylic acids is 2. The maximum atomic E-state index is 12.4. The number of likely N-dealkylation sites (tertiary alicyclic amines) is 1. The second-order valence-electron chi connectivity index (χ2n) is 8.28. The molecule has 0 aromatic heterocycles. The number of amides is 2. The van der Waals surface area contributed by atoms with Crippen LogP contribution in [0.25, 0.3) is 0 Å². The van der Waals surface area contributed by atoms with E-state index in [0.29, 0.717) is 44.8 Å². The quantitative estimate of drug-likeness (QED) is 0.823. The Labute approximate surface area is 151 Å². The molecule has 2 fully saturated rings. The number of nitrogens with one attached hydrogen (secondary N) is 1. The highest BCUT2D eigenvalue weighted by Gasteiger charge is 2.28. The molecule has 25 heavy (non-hydrogen) atoms. The van der Waals surface area contributed by atoms with Crippen LogP contribution in [0.5, 0.6) is 0 Å². The molecule has 2 atom stereocenters. The van der Waals surface area contributed by atoms with Crippen molar-refractivity contribution in [2.45, 2.75) is 58.2 Å². The van der Waals surface area contributed by atoms with E-state index in [0.717, 1.165) is 19.4 Å². The fourth-order valence-corrected chi connectivity index (χ4v) is 3.28. The van der Waals surface area contributed by atoms with Gasteiger partial charge in [0.05, 0.1) is 6.54 Å². The summed E-state index contributed by atoms with van der Waals surface area (Å²) in [7, 11) is 2.15. The summed E-state index contributed by atoms with van der Waals surface area (Å²) < 4.78 is 5.39. The predicted octanol–water partition coefficient (Wildman–Crippen LogP) is 1.14. The average molecular weight is 354 g/mol. The van der Waals surface area contributed by atoms with E-state index in [2.05, 4.69) is 24.2 Å². The van der Waals surface area contributed by atoms with Crippen LogP contribution in [0.2, 0.25) is 0 Å². The minimum absolute atomic E-state index is 0.121. The van der Waals surface area contributed by atoms with Crippen molar-refractivity contribution in [1.29, 1.82) is 0 Å². The van der Waals surface area contributed by atoms with Crippen molar-refractivity contribution in [3.8, 4) is 0 Å². The zero-order valence-corrected chi connectivity index (χ0v) is 16.4. The number of rotatable bonds is 3. The lowest BCUT2D eigenvalue weighted by Gasteiger charge is -2.37. The Morgan fingerprint density at radius 1 is 1.08 bits per heavy atom. The Kier molecular flexibility index (Phi) is 6.68. The smallest absolute Gasteiger partial charge is 0.410 e. The van der Waals surface area contributed by atoms with Crippen molar-refractivity contribution >= 4 is 12.0 Å². The summed E-state index contributed by atoms with van der Waals surface area (Å²) in [5.41, 5.74) is -0.487. The van der Waals surface area contributed by atoms with E-state index in [1.54, 1.807) is 4.90 Å². The van der Waals surface area contributed by atoms with Crippen molar-refractivity contribution in [3.05, 3.63) is 0 Å². The highest BCUT2D eigenvalue weighted by atomic mass is 16.6. The molecule has 0 bridgehead atoms. The Morgan fingerprint density at radius 2 is 1.68 bits per heavy atom. The molecule has 7 nitrogen and oxygen atoms in total. The molecule has 2 rings (SSSR count). The fourth-order valence-electron chi connectivity index (χ4n) is 3.28. The van der Waals surface area contributed by atoms with Crippen LogP contribution < -0.4 is 5.32 Å². The molecule has 2 saturated heterocycles. The van der Waals surface area contributed by atoms with E-state index in [1.165, 1.54) is 0 Å². The zero-order valence-electron chi connectivity index (χ0n) is 16.4. The van der Waals surface area contributed by atoms with Gasteiger partial charge in [-0.05, 0) is 54.1 Å². The van der Waals surface area contributed by atoms with E-state index >= 15 is 0 Å². The van der Waals surface area contributed by atoms with E-state index in [1.807, 2.05) is 25.7 Å². The van der Waals surface area contributed by atoms with Crippen LogP contribution in [0, 0.1) is 0 Å². The third-order valence-electron chi connectivity index (χ3n) is 5.03. The standard InChI is InChI=1S/C18H34N4O3/c1-14-12-15(6-7-20(14)5)19-13-16(23)21-8-10-22(11-9-21)17(24)25-18(2,3)4/h14-15,19H,6-13H2,1-5H3. The molecule has 2 heterocycles. The molecular formula is C18H34N4O3. The first-order valence-corrected chi connectivity index (χ1v) is 9.35. The summed E-state index contributed by atoms with van der Waals surface area (Å²) in [6.45, 7) is 11.5. The SMILES string of the molecule is CC1CC(NCC(=O)N2CCN(C(=O)OC(C)(C)C)CC2)CCN1C. The molecule has 2 aliphatic heterocycles. The monoisotopic (exact) mass is 354 g/mol. The molecule has 2 unspecified atom stereocenters. The second kappa shape index (κ2) is 8.36. The van der Waals surface area contributed by atoms with Crippen molar-refractivity contribution < 1.29 is 14.3 Å². The minimum atomic E-state index is -0.487. The number of ether oxygens (including phenoxy) is 1. The third kappa shape index (κ3) is 6.15. The van der Waals surface area contributed by atoms with Crippen molar-refractivity contribution in [3.63, 3.8) is 0 Å². The van der Waals surface area contributed by atoms with Crippen molar-refractivity contribution in [2.24, 2.45) is 0 Å². The zero-order chi connectivity index (χ0) is 18.6. The van der Waals surface area contributed by atoms with Gasteiger partial charge in [0.2, 0.25) is 5.91 Å². The molecule has 0 aromatic rings. The number of hydrogen-bond acceptors (Lipinski definition) is 5. The lowest BCUT2D eigenvalue weighted by atomic mass is 9.99. The second-order valence-corrected chi connectivity index (χ2v) is 8.28. The predicted molar refractivity (Wildman–Crippen MR) is 97.5 cm³/mol. The summed E-state index contributed by atoms with van der Waals surface area (Å²) in [5, 5.41) is 3.41. The topological polar surface area (TPSA) is 65.1 Å². The fraction of sp³-hybridized carbons (Fsp3) is 0.889. The molecule has 7 heteroatoms. The lowest BCUT2D eigenvalue weighted by molar-refractivity contribution is -0.132. The highest BCUT2D eigenvalue weighted by Crippen LogP contribution is 2.15. The van der Waals surface area contributed by atoms with Crippen LogP contribution in [-0.2, 0) is 9.53 Å². The molecule has 0 radical (unpaired) electrons. The van der Waals surface area contributed by atoms with Gasteiger partial charge in [0.15, 0.2) is 0 Å². The van der Waals surface area contributed by atoms with Gasteiger partial charge >= 0.3 is 6.09 Å². The molecule has 0 saturated carbocycles. The minimum Gasteiger partial charge on any atom is -0.444 e. The molecule has 2 amide bonds. The number of piperidine rings is 1. The summed E-state index contributed by atoms with van der Waals surface area (Å²) in [4.78, 5) is 30.4. The van der Waals surface area contributed by atoms with E-state index in [-0.39, 0.29) is 12.0 Å². The van der Waals surface area contributed by atoms with Crippen LogP contribution in [0.3, 0.4) is 0 Å². The van der Waals surface area contributed by atoms with Gasteiger partial charge in [-0.25, -0.2) is 4.79 Å². The van der Waals surface area contributed by atoms with Crippen LogP contribution in [0.15, 0.2) is 0 Å². The molecule has 2 aliphatic rings. The van der Waals surface area contributed by atoms with Gasteiger partial charge in [0, 0.05) is 38.3 Å². The first-order chi connectivity index (χ1) is 11.7. The molecular weight excluding hydrogens is 320 g/mol. The van der Waals surface area contributed by atoms with E-state index in [4.69, 9.17) is 4.74 Å². The summed E-state index contributed by atoms with van der Waals surface area (Å²) in [6.07, 6.45) is 1.87. The number of piperazine rings is 1. The van der Waals surface area contributed by atoms with Crippen LogP contribution >= 0.6 is 0 Å². The lowest BCUT2D eigenvalue weighted by Crippen LogP contribution is -2.54. The Morgan fingerprint density at radius 3 is 2.24 bits per heavy atom. The van der Waals surface area contributed by atoms with Crippen LogP contribution in [-0.4, -0.2) is 90.7 Å².